The summed E-state index contributed by atoms with van der Waals surface area (Å²) in [7, 11) is 0. The van der Waals surface area contributed by atoms with Crippen LogP contribution in [0.4, 0.5) is 0 Å². The predicted octanol–water partition coefficient (Wildman–Crippen LogP) is 3.49. The Morgan fingerprint density at radius 1 is 1.45 bits per heavy atom. The molecule has 0 spiro atoms. The number of hydrogen-bond acceptors (Lipinski definition) is 4. The minimum atomic E-state index is -1.11. The Hall–Kier alpha value is -0.740. The fraction of sp³-hybridized carbons (Fsp3) is 0.750. The van der Waals surface area contributed by atoms with Gasteiger partial charge in [-0.2, -0.15) is 0 Å². The molecule has 112 valence electrons. The van der Waals surface area contributed by atoms with Crippen LogP contribution in [0.5, 0.6) is 0 Å². The van der Waals surface area contributed by atoms with Gasteiger partial charge in [-0.05, 0) is 31.6 Å². The first-order valence-corrected chi connectivity index (χ1v) is 8.29. The topological polar surface area (TPSA) is 50.2 Å². The van der Waals surface area contributed by atoms with Gasteiger partial charge in [0.25, 0.3) is 0 Å². The van der Waals surface area contributed by atoms with Gasteiger partial charge in [0.2, 0.25) is 0 Å². The van der Waals surface area contributed by atoms with E-state index in [2.05, 4.69) is 32.7 Å². The molecule has 0 radical (unpaired) electrons. The van der Waals surface area contributed by atoms with E-state index in [0.29, 0.717) is 18.8 Å². The number of aromatic nitrogens is 1. The van der Waals surface area contributed by atoms with Gasteiger partial charge in [-0.1, -0.05) is 27.7 Å². The molecule has 1 heterocycles. The minimum absolute atomic E-state index is 0.00890. The van der Waals surface area contributed by atoms with Gasteiger partial charge >= 0.3 is 0 Å². The lowest BCUT2D eigenvalue weighted by molar-refractivity contribution is -0.140. The molecule has 1 aliphatic carbocycles. The van der Waals surface area contributed by atoms with E-state index in [1.165, 1.54) is 11.3 Å². The van der Waals surface area contributed by atoms with Crippen LogP contribution in [-0.2, 0) is 16.6 Å². The van der Waals surface area contributed by atoms with Crippen molar-refractivity contribution in [2.45, 2.75) is 70.8 Å². The third kappa shape index (κ3) is 3.47. The van der Waals surface area contributed by atoms with Crippen LogP contribution in [0.2, 0.25) is 0 Å². The SMILES string of the molecule is CC1CCC(O)(C(=O)Cc2nc(C(C)(C)C)cs2)CC1. The Labute approximate surface area is 125 Å². The Balaban J connectivity index is 2.03. The molecule has 0 unspecified atom stereocenters. The molecule has 0 aliphatic heterocycles. The molecule has 1 saturated carbocycles. The number of rotatable bonds is 3. The standard InChI is InChI=1S/C16H25NO2S/c1-11-5-7-16(19,8-6-11)13(18)9-14-17-12(10-20-14)15(2,3)4/h10-11,19H,5-9H2,1-4H3. The zero-order valence-electron chi connectivity index (χ0n) is 12.9. The van der Waals surface area contributed by atoms with Crippen LogP contribution in [0.15, 0.2) is 5.38 Å². The van der Waals surface area contributed by atoms with E-state index in [4.69, 9.17) is 0 Å². The van der Waals surface area contributed by atoms with Gasteiger partial charge in [-0.15, -0.1) is 11.3 Å². The van der Waals surface area contributed by atoms with Gasteiger partial charge in [0.1, 0.15) is 10.6 Å². The number of hydrogen-bond donors (Lipinski definition) is 1. The second-order valence-electron chi connectivity index (χ2n) is 7.19. The first kappa shape index (κ1) is 15.6. The van der Waals surface area contributed by atoms with Crippen LogP contribution in [0, 0.1) is 5.92 Å². The zero-order valence-corrected chi connectivity index (χ0v) is 13.7. The van der Waals surface area contributed by atoms with E-state index in [9.17, 15) is 9.90 Å². The summed E-state index contributed by atoms with van der Waals surface area (Å²) in [6.07, 6.45) is 3.35. The fourth-order valence-electron chi connectivity index (χ4n) is 2.56. The zero-order chi connectivity index (χ0) is 15.0. The summed E-state index contributed by atoms with van der Waals surface area (Å²) in [5.41, 5.74) is -0.0794. The Morgan fingerprint density at radius 3 is 2.55 bits per heavy atom. The van der Waals surface area contributed by atoms with Crippen LogP contribution in [-0.4, -0.2) is 21.5 Å². The molecule has 0 bridgehead atoms. The molecule has 0 aromatic carbocycles. The number of thiazole rings is 1. The molecule has 1 aromatic heterocycles. The minimum Gasteiger partial charge on any atom is -0.382 e. The van der Waals surface area contributed by atoms with E-state index in [-0.39, 0.29) is 17.6 Å². The molecule has 0 atom stereocenters. The first-order valence-electron chi connectivity index (χ1n) is 7.41. The largest absolute Gasteiger partial charge is 0.382 e. The first-order chi connectivity index (χ1) is 9.21. The summed E-state index contributed by atoms with van der Waals surface area (Å²) >= 11 is 1.52. The molecule has 3 nitrogen and oxygen atoms in total. The number of carbonyl (C=O) groups is 1. The van der Waals surface area contributed by atoms with Crippen LogP contribution in [0.1, 0.15) is 64.1 Å². The molecule has 0 amide bonds. The molecule has 4 heteroatoms. The average Bonchev–Trinajstić information content (AvgIpc) is 2.81. The average molecular weight is 295 g/mol. The maximum atomic E-state index is 12.4. The van der Waals surface area contributed by atoms with Crippen LogP contribution in [0.3, 0.4) is 0 Å². The van der Waals surface area contributed by atoms with Crippen molar-refractivity contribution in [1.29, 1.82) is 0 Å². The van der Waals surface area contributed by atoms with Gasteiger partial charge in [-0.25, -0.2) is 4.98 Å². The second kappa shape index (κ2) is 5.57. The summed E-state index contributed by atoms with van der Waals surface area (Å²) in [6.45, 7) is 8.53. The van der Waals surface area contributed by atoms with Crippen molar-refractivity contribution >= 4 is 17.1 Å². The molecule has 2 rings (SSSR count). The summed E-state index contributed by atoms with van der Waals surface area (Å²) in [4.78, 5) is 16.9. The number of nitrogens with zero attached hydrogens (tertiary/aromatic N) is 1. The molecular weight excluding hydrogens is 270 g/mol. The maximum absolute atomic E-state index is 12.4. The van der Waals surface area contributed by atoms with Gasteiger partial charge < -0.3 is 5.11 Å². The molecular formula is C16H25NO2S. The molecule has 20 heavy (non-hydrogen) atoms. The third-order valence-electron chi connectivity index (χ3n) is 4.25. The summed E-state index contributed by atoms with van der Waals surface area (Å²) in [5, 5.41) is 13.4. The lowest BCUT2D eigenvalue weighted by Crippen LogP contribution is -2.42. The molecule has 0 saturated heterocycles. The quantitative estimate of drug-likeness (QED) is 0.928. The summed E-state index contributed by atoms with van der Waals surface area (Å²) < 4.78 is 0. The molecule has 1 aromatic rings. The highest BCUT2D eigenvalue weighted by molar-refractivity contribution is 7.09. The summed E-state index contributed by atoms with van der Waals surface area (Å²) in [6, 6.07) is 0. The number of Topliss-reactive ketones (excluding diaryl/α,β-unsaturated/α-hetero) is 1. The lowest BCUT2D eigenvalue weighted by Gasteiger charge is -2.33. The number of carbonyl (C=O) groups excluding carboxylic acids is 1. The van der Waals surface area contributed by atoms with Crippen molar-refractivity contribution in [3.63, 3.8) is 0 Å². The monoisotopic (exact) mass is 295 g/mol. The third-order valence-corrected chi connectivity index (χ3v) is 5.10. The maximum Gasteiger partial charge on any atom is 0.171 e. The normalized spacial score (nSPS) is 27.6. The predicted molar refractivity (Wildman–Crippen MR) is 82.1 cm³/mol. The summed E-state index contributed by atoms with van der Waals surface area (Å²) in [5.74, 6) is 0.564. The molecule has 1 fully saturated rings. The van der Waals surface area contributed by atoms with Crippen molar-refractivity contribution < 1.29 is 9.90 Å². The van der Waals surface area contributed by atoms with Crippen molar-refractivity contribution in [3.05, 3.63) is 16.1 Å². The number of aliphatic hydroxyl groups is 1. The highest BCUT2D eigenvalue weighted by atomic mass is 32.1. The van der Waals surface area contributed by atoms with Gasteiger partial charge in [-0.3, -0.25) is 4.79 Å². The van der Waals surface area contributed by atoms with Crippen molar-refractivity contribution in [3.8, 4) is 0 Å². The van der Waals surface area contributed by atoms with Gasteiger partial charge in [0.15, 0.2) is 5.78 Å². The van der Waals surface area contributed by atoms with Gasteiger partial charge in [0, 0.05) is 10.8 Å². The number of ketones is 1. The fourth-order valence-corrected chi connectivity index (χ4v) is 3.58. The van der Waals surface area contributed by atoms with Crippen molar-refractivity contribution in [2.24, 2.45) is 5.92 Å². The van der Waals surface area contributed by atoms with E-state index < -0.39 is 5.60 Å². The van der Waals surface area contributed by atoms with Crippen molar-refractivity contribution in [1.82, 2.24) is 4.98 Å². The van der Waals surface area contributed by atoms with E-state index in [1.54, 1.807) is 0 Å². The van der Waals surface area contributed by atoms with Crippen molar-refractivity contribution in [2.75, 3.05) is 0 Å². The highest BCUT2D eigenvalue weighted by Gasteiger charge is 2.38. The Kier molecular flexibility index (Phi) is 4.35. The molecule has 1 N–H and O–H groups in total. The second-order valence-corrected chi connectivity index (χ2v) is 8.13. The molecule has 1 aliphatic rings. The van der Waals surface area contributed by atoms with Crippen LogP contribution in [0.25, 0.3) is 0 Å². The lowest BCUT2D eigenvalue weighted by atomic mass is 9.76. The van der Waals surface area contributed by atoms with E-state index in [1.807, 2.05) is 5.38 Å². The smallest absolute Gasteiger partial charge is 0.171 e. The van der Waals surface area contributed by atoms with Gasteiger partial charge in [0.05, 0.1) is 12.1 Å². The Bertz CT molecular complexity index is 479. The van der Waals surface area contributed by atoms with Crippen LogP contribution >= 0.6 is 11.3 Å². The van der Waals surface area contributed by atoms with E-state index in [0.717, 1.165) is 23.5 Å². The van der Waals surface area contributed by atoms with E-state index >= 15 is 0 Å². The van der Waals surface area contributed by atoms with Crippen LogP contribution < -0.4 is 0 Å². The highest BCUT2D eigenvalue weighted by Crippen LogP contribution is 2.33. The Morgan fingerprint density at radius 2 is 2.05 bits per heavy atom.